The summed E-state index contributed by atoms with van der Waals surface area (Å²) in [6, 6.07) is 14.3. The van der Waals surface area contributed by atoms with Crippen molar-refractivity contribution in [2.45, 2.75) is 0 Å². The maximum atomic E-state index is 12.1. The molecule has 2 aromatic carbocycles. The molecule has 0 aliphatic heterocycles. The molecule has 0 saturated heterocycles. The fourth-order valence-corrected chi connectivity index (χ4v) is 1.99. The van der Waals surface area contributed by atoms with Gasteiger partial charge in [-0.15, -0.1) is 0 Å². The second-order valence-corrected chi connectivity index (χ2v) is 5.11. The molecule has 2 amide bonds. The number of carbonyl (C=O) groups is 1. The Bertz CT molecular complexity index is 658. The average Bonchev–Trinajstić information content (AvgIpc) is 2.62. The Morgan fingerprint density at radius 2 is 1.67 bits per heavy atom. The largest absolute Gasteiger partial charge is 0.497 e. The van der Waals surface area contributed by atoms with Gasteiger partial charge in [0.2, 0.25) is 0 Å². The number of likely N-dealkylation sites (N-methyl/N-ethyl adjacent to an activating group) is 1. The molecule has 0 aromatic heterocycles. The molecule has 24 heavy (non-hydrogen) atoms. The first kappa shape index (κ1) is 17.5. The van der Waals surface area contributed by atoms with Gasteiger partial charge in [-0.3, -0.25) is 0 Å². The highest BCUT2D eigenvalue weighted by molar-refractivity contribution is 5.89. The minimum atomic E-state index is -0.207. The normalized spacial score (nSPS) is 9.96. The maximum absolute atomic E-state index is 12.1. The van der Waals surface area contributed by atoms with Gasteiger partial charge < -0.3 is 24.4 Å². The molecule has 0 unspecified atom stereocenters. The summed E-state index contributed by atoms with van der Waals surface area (Å²) in [7, 11) is 4.92. The molecule has 0 aliphatic carbocycles. The maximum Gasteiger partial charge on any atom is 0.321 e. The highest BCUT2D eigenvalue weighted by Gasteiger charge is 2.09. The van der Waals surface area contributed by atoms with Crippen LogP contribution in [0.4, 0.5) is 10.5 Å². The Labute approximate surface area is 141 Å². The van der Waals surface area contributed by atoms with Crippen LogP contribution in [0.2, 0.25) is 0 Å². The number of methoxy groups -OCH3 is 2. The molecule has 0 radical (unpaired) electrons. The number of benzene rings is 2. The Hall–Kier alpha value is -2.89. The van der Waals surface area contributed by atoms with Gasteiger partial charge >= 0.3 is 6.03 Å². The average molecular weight is 330 g/mol. The van der Waals surface area contributed by atoms with E-state index in [4.69, 9.17) is 14.2 Å². The van der Waals surface area contributed by atoms with Crippen molar-refractivity contribution in [2.75, 3.05) is 39.7 Å². The van der Waals surface area contributed by atoms with Crippen molar-refractivity contribution < 1.29 is 19.0 Å². The number of carbonyl (C=O) groups excluding carboxylic acids is 1. The van der Waals surface area contributed by atoms with E-state index in [0.29, 0.717) is 24.6 Å². The lowest BCUT2D eigenvalue weighted by Crippen LogP contribution is -2.34. The first-order valence-corrected chi connectivity index (χ1v) is 7.55. The van der Waals surface area contributed by atoms with E-state index in [9.17, 15) is 4.79 Å². The minimum Gasteiger partial charge on any atom is -0.497 e. The van der Waals surface area contributed by atoms with E-state index in [-0.39, 0.29) is 6.03 Å². The van der Waals surface area contributed by atoms with Gasteiger partial charge in [0.25, 0.3) is 0 Å². The van der Waals surface area contributed by atoms with Crippen LogP contribution in [0.25, 0.3) is 0 Å². The van der Waals surface area contributed by atoms with Gasteiger partial charge in [0.1, 0.15) is 23.9 Å². The zero-order chi connectivity index (χ0) is 17.4. The summed E-state index contributed by atoms with van der Waals surface area (Å²) in [6.07, 6.45) is 0. The zero-order valence-corrected chi connectivity index (χ0v) is 14.1. The van der Waals surface area contributed by atoms with Gasteiger partial charge in [-0.25, -0.2) is 4.79 Å². The fourth-order valence-electron chi connectivity index (χ4n) is 1.99. The van der Waals surface area contributed by atoms with Gasteiger partial charge in [-0.1, -0.05) is 6.07 Å². The molecule has 0 heterocycles. The quantitative estimate of drug-likeness (QED) is 0.846. The molecular weight excluding hydrogens is 308 g/mol. The van der Waals surface area contributed by atoms with E-state index in [2.05, 4.69) is 5.32 Å². The molecule has 128 valence electrons. The van der Waals surface area contributed by atoms with Crippen LogP contribution in [0.5, 0.6) is 17.2 Å². The van der Waals surface area contributed by atoms with Crippen molar-refractivity contribution in [3.63, 3.8) is 0 Å². The Kier molecular flexibility index (Phi) is 6.31. The fraction of sp³-hybridized carbons (Fsp3) is 0.278. The van der Waals surface area contributed by atoms with E-state index >= 15 is 0 Å². The third kappa shape index (κ3) is 5.08. The van der Waals surface area contributed by atoms with Gasteiger partial charge in [0, 0.05) is 18.8 Å². The predicted molar refractivity (Wildman–Crippen MR) is 93.1 cm³/mol. The molecule has 2 aromatic rings. The Morgan fingerprint density at radius 3 is 2.33 bits per heavy atom. The SMILES string of the molecule is COc1ccc(OCCN(C)C(=O)Nc2cccc(OC)c2)cc1. The summed E-state index contributed by atoms with van der Waals surface area (Å²) in [6.45, 7) is 0.857. The van der Waals surface area contributed by atoms with Crippen LogP contribution < -0.4 is 19.5 Å². The number of urea groups is 1. The van der Waals surface area contributed by atoms with Gasteiger partial charge in [0.15, 0.2) is 0 Å². The van der Waals surface area contributed by atoms with Crippen molar-refractivity contribution in [3.05, 3.63) is 48.5 Å². The van der Waals surface area contributed by atoms with Crippen molar-refractivity contribution in [1.82, 2.24) is 4.90 Å². The summed E-state index contributed by atoms with van der Waals surface area (Å²) in [5, 5.41) is 2.82. The van der Waals surface area contributed by atoms with Crippen LogP contribution in [0, 0.1) is 0 Å². The molecule has 0 spiro atoms. The molecule has 0 atom stereocenters. The van der Waals surface area contributed by atoms with Gasteiger partial charge in [-0.05, 0) is 36.4 Å². The number of anilines is 1. The molecule has 6 nitrogen and oxygen atoms in total. The number of nitrogens with one attached hydrogen (secondary N) is 1. The van der Waals surface area contributed by atoms with Gasteiger partial charge in [-0.2, -0.15) is 0 Å². The van der Waals surface area contributed by atoms with E-state index in [0.717, 1.165) is 11.5 Å². The van der Waals surface area contributed by atoms with Crippen molar-refractivity contribution in [3.8, 4) is 17.2 Å². The second-order valence-electron chi connectivity index (χ2n) is 5.11. The summed E-state index contributed by atoms with van der Waals surface area (Å²) >= 11 is 0. The number of ether oxygens (including phenoxy) is 3. The third-order valence-electron chi connectivity index (χ3n) is 3.42. The first-order valence-electron chi connectivity index (χ1n) is 7.55. The highest BCUT2D eigenvalue weighted by atomic mass is 16.5. The zero-order valence-electron chi connectivity index (χ0n) is 14.1. The molecule has 0 aliphatic rings. The summed E-state index contributed by atoms with van der Waals surface area (Å²) in [4.78, 5) is 13.7. The van der Waals surface area contributed by atoms with Crippen LogP contribution in [-0.2, 0) is 0 Å². The molecule has 0 saturated carbocycles. The lowest BCUT2D eigenvalue weighted by atomic mass is 10.3. The molecule has 0 fully saturated rings. The predicted octanol–water partition coefficient (Wildman–Crippen LogP) is 3.25. The molecule has 2 rings (SSSR count). The smallest absolute Gasteiger partial charge is 0.321 e. The van der Waals surface area contributed by atoms with Crippen molar-refractivity contribution >= 4 is 11.7 Å². The van der Waals surface area contributed by atoms with E-state index in [1.807, 2.05) is 42.5 Å². The number of nitrogens with zero attached hydrogens (tertiary/aromatic N) is 1. The lowest BCUT2D eigenvalue weighted by Gasteiger charge is -2.18. The molecule has 1 N–H and O–H groups in total. The van der Waals surface area contributed by atoms with Gasteiger partial charge in [0.05, 0.1) is 20.8 Å². The molecule has 6 heteroatoms. The van der Waals surface area contributed by atoms with Crippen LogP contribution in [0.1, 0.15) is 0 Å². The number of rotatable bonds is 7. The highest BCUT2D eigenvalue weighted by Crippen LogP contribution is 2.18. The number of hydrogen-bond donors (Lipinski definition) is 1. The Morgan fingerprint density at radius 1 is 1.00 bits per heavy atom. The second kappa shape index (κ2) is 8.67. The van der Waals surface area contributed by atoms with Crippen LogP contribution >= 0.6 is 0 Å². The standard InChI is InChI=1S/C18H22N2O4/c1-20(11-12-24-16-9-7-15(22-2)8-10-16)18(21)19-14-5-4-6-17(13-14)23-3/h4-10,13H,11-12H2,1-3H3,(H,19,21). The first-order chi connectivity index (χ1) is 11.6. The van der Waals surface area contributed by atoms with Crippen molar-refractivity contribution in [1.29, 1.82) is 0 Å². The molecule has 0 bridgehead atoms. The van der Waals surface area contributed by atoms with Crippen LogP contribution in [0.15, 0.2) is 48.5 Å². The van der Waals surface area contributed by atoms with Crippen LogP contribution in [-0.4, -0.2) is 45.3 Å². The monoisotopic (exact) mass is 330 g/mol. The van der Waals surface area contributed by atoms with E-state index in [1.165, 1.54) is 0 Å². The number of hydrogen-bond acceptors (Lipinski definition) is 4. The summed E-state index contributed by atoms with van der Waals surface area (Å²) < 4.78 is 15.8. The van der Waals surface area contributed by atoms with E-state index < -0.39 is 0 Å². The lowest BCUT2D eigenvalue weighted by molar-refractivity contribution is 0.207. The molecular formula is C18H22N2O4. The summed E-state index contributed by atoms with van der Waals surface area (Å²) in [5.41, 5.74) is 0.683. The number of amides is 2. The minimum absolute atomic E-state index is 0.207. The summed E-state index contributed by atoms with van der Waals surface area (Å²) in [5.74, 6) is 2.20. The van der Waals surface area contributed by atoms with Crippen LogP contribution in [0.3, 0.4) is 0 Å². The topological polar surface area (TPSA) is 60.0 Å². The Balaban J connectivity index is 1.78. The van der Waals surface area contributed by atoms with E-state index in [1.54, 1.807) is 32.2 Å². The third-order valence-corrected chi connectivity index (χ3v) is 3.42. The van der Waals surface area contributed by atoms with Crippen molar-refractivity contribution in [2.24, 2.45) is 0 Å².